The van der Waals surface area contributed by atoms with Gasteiger partial charge in [-0.3, -0.25) is 14.6 Å². The number of anilines is 2. The number of aryl methyl sites for hydroxylation is 1. The third-order valence-electron chi connectivity index (χ3n) is 4.09. The first-order chi connectivity index (χ1) is 13.5. The lowest BCUT2D eigenvalue weighted by Gasteiger charge is -2.10. The number of pyridine rings is 1. The molecule has 0 saturated carbocycles. The van der Waals surface area contributed by atoms with E-state index in [1.807, 2.05) is 25.1 Å². The van der Waals surface area contributed by atoms with Gasteiger partial charge in [0.1, 0.15) is 11.6 Å². The van der Waals surface area contributed by atoms with Gasteiger partial charge < -0.3 is 10.6 Å². The van der Waals surface area contributed by atoms with E-state index in [1.165, 1.54) is 18.5 Å². The van der Waals surface area contributed by atoms with E-state index in [-0.39, 0.29) is 16.8 Å². The molecule has 0 unspecified atom stereocenters. The molecule has 0 aliphatic heterocycles. The van der Waals surface area contributed by atoms with Gasteiger partial charge in [-0.1, -0.05) is 25.1 Å². The lowest BCUT2D eigenvalue weighted by atomic mass is 10.1. The first-order valence-corrected chi connectivity index (χ1v) is 8.58. The van der Waals surface area contributed by atoms with Crippen LogP contribution in [0.15, 0.2) is 60.9 Å². The number of para-hydroxylation sites is 1. The molecule has 0 aliphatic carbocycles. The molecule has 0 radical (unpaired) electrons. The molecule has 3 rings (SSSR count). The number of rotatable bonds is 5. The minimum atomic E-state index is -0.897. The summed E-state index contributed by atoms with van der Waals surface area (Å²) in [6.07, 6.45) is 3.34. The highest BCUT2D eigenvalue weighted by Crippen LogP contribution is 2.18. The molecule has 0 spiro atoms. The van der Waals surface area contributed by atoms with E-state index in [4.69, 9.17) is 0 Å². The van der Waals surface area contributed by atoms with Crippen molar-refractivity contribution >= 4 is 23.2 Å². The average Bonchev–Trinajstić information content (AvgIpc) is 2.70. The van der Waals surface area contributed by atoms with Crippen LogP contribution in [0.5, 0.6) is 0 Å². The number of hydrogen-bond acceptors (Lipinski definition) is 3. The van der Waals surface area contributed by atoms with Gasteiger partial charge >= 0.3 is 0 Å². The Bertz CT molecular complexity index is 1040. The number of aromatic nitrogens is 1. The maximum atomic E-state index is 13.7. The van der Waals surface area contributed by atoms with Gasteiger partial charge in [0.15, 0.2) is 0 Å². The normalized spacial score (nSPS) is 10.4. The average molecular weight is 381 g/mol. The third-order valence-corrected chi connectivity index (χ3v) is 4.09. The molecule has 0 saturated heterocycles. The van der Waals surface area contributed by atoms with Crippen LogP contribution in [0, 0.1) is 11.6 Å². The summed E-state index contributed by atoms with van der Waals surface area (Å²) in [5.41, 5.74) is 1.74. The lowest BCUT2D eigenvalue weighted by Crippen LogP contribution is -2.17. The van der Waals surface area contributed by atoms with Crippen LogP contribution in [0.1, 0.15) is 33.2 Å². The van der Waals surface area contributed by atoms with E-state index in [0.717, 1.165) is 24.1 Å². The fourth-order valence-electron chi connectivity index (χ4n) is 2.62. The van der Waals surface area contributed by atoms with Crippen molar-refractivity contribution in [3.63, 3.8) is 0 Å². The van der Waals surface area contributed by atoms with Gasteiger partial charge in [-0.05, 0) is 36.2 Å². The Morgan fingerprint density at radius 1 is 0.893 bits per heavy atom. The molecular formula is C21H17F2N3O2. The molecule has 0 atom stereocenters. The monoisotopic (exact) mass is 381 g/mol. The predicted molar refractivity (Wildman–Crippen MR) is 102 cm³/mol. The zero-order chi connectivity index (χ0) is 20.1. The molecule has 5 nitrogen and oxygen atoms in total. The maximum Gasteiger partial charge on any atom is 0.257 e. The van der Waals surface area contributed by atoms with Crippen LogP contribution in [0.2, 0.25) is 0 Å². The van der Waals surface area contributed by atoms with Crippen LogP contribution in [0.4, 0.5) is 20.2 Å². The molecular weight excluding hydrogens is 364 g/mol. The Kier molecular flexibility index (Phi) is 5.74. The Balaban J connectivity index is 1.77. The van der Waals surface area contributed by atoms with Crippen molar-refractivity contribution in [1.29, 1.82) is 0 Å². The number of carbonyl (C=O) groups is 2. The van der Waals surface area contributed by atoms with E-state index >= 15 is 0 Å². The molecule has 2 amide bonds. The topological polar surface area (TPSA) is 71.1 Å². The molecule has 3 aromatic rings. The number of nitrogens with one attached hydrogen (secondary N) is 2. The molecule has 7 heteroatoms. The van der Waals surface area contributed by atoms with Gasteiger partial charge in [-0.2, -0.15) is 0 Å². The summed E-state index contributed by atoms with van der Waals surface area (Å²) in [4.78, 5) is 28.8. The van der Waals surface area contributed by atoms with E-state index < -0.39 is 23.4 Å². The first kappa shape index (κ1) is 19.2. The summed E-state index contributed by atoms with van der Waals surface area (Å²) >= 11 is 0. The Hall–Kier alpha value is -3.61. The van der Waals surface area contributed by atoms with E-state index in [0.29, 0.717) is 11.8 Å². The number of carbonyl (C=O) groups excluding carboxylic acids is 2. The standard InChI is InChI=1S/C21H17F2N3O2/c1-2-13-5-3-4-6-18(13)25-20(27)14-9-15(12-24-11-14)21(28)26-19-8-7-16(22)10-17(19)23/h3-12H,2H2,1H3,(H,25,27)(H,26,28). The van der Waals surface area contributed by atoms with Crippen LogP contribution in [-0.2, 0) is 6.42 Å². The fourth-order valence-corrected chi connectivity index (χ4v) is 2.62. The van der Waals surface area contributed by atoms with Gasteiger partial charge in [0.2, 0.25) is 0 Å². The highest BCUT2D eigenvalue weighted by Gasteiger charge is 2.14. The predicted octanol–water partition coefficient (Wildman–Crippen LogP) is 4.43. The molecule has 0 bridgehead atoms. The van der Waals surface area contributed by atoms with Crippen LogP contribution in [0.3, 0.4) is 0 Å². The quantitative estimate of drug-likeness (QED) is 0.687. The Labute approximate surface area is 160 Å². The van der Waals surface area contributed by atoms with Crippen LogP contribution in [-0.4, -0.2) is 16.8 Å². The van der Waals surface area contributed by atoms with Crippen molar-refractivity contribution in [3.8, 4) is 0 Å². The summed E-state index contributed by atoms with van der Waals surface area (Å²) in [5, 5.41) is 5.13. The van der Waals surface area contributed by atoms with E-state index in [9.17, 15) is 18.4 Å². The molecule has 2 N–H and O–H groups in total. The Morgan fingerprint density at radius 3 is 2.18 bits per heavy atom. The Morgan fingerprint density at radius 2 is 1.54 bits per heavy atom. The largest absolute Gasteiger partial charge is 0.322 e. The summed E-state index contributed by atoms with van der Waals surface area (Å²) in [5.74, 6) is -2.73. The highest BCUT2D eigenvalue weighted by atomic mass is 19.1. The molecule has 1 heterocycles. The number of nitrogens with zero attached hydrogens (tertiary/aromatic N) is 1. The zero-order valence-corrected chi connectivity index (χ0v) is 15.0. The SMILES string of the molecule is CCc1ccccc1NC(=O)c1cncc(C(=O)Nc2ccc(F)cc2F)c1. The minimum Gasteiger partial charge on any atom is -0.322 e. The highest BCUT2D eigenvalue weighted by molar-refractivity contribution is 6.08. The fraction of sp³-hybridized carbons (Fsp3) is 0.0952. The third kappa shape index (κ3) is 4.37. The van der Waals surface area contributed by atoms with Gasteiger partial charge in [0.25, 0.3) is 11.8 Å². The van der Waals surface area contributed by atoms with Gasteiger partial charge in [-0.15, -0.1) is 0 Å². The molecule has 2 aromatic carbocycles. The first-order valence-electron chi connectivity index (χ1n) is 8.58. The van der Waals surface area contributed by atoms with E-state index in [2.05, 4.69) is 15.6 Å². The van der Waals surface area contributed by atoms with Crippen LogP contribution >= 0.6 is 0 Å². The van der Waals surface area contributed by atoms with Crippen LogP contribution in [0.25, 0.3) is 0 Å². The molecule has 0 fully saturated rings. The number of hydrogen-bond donors (Lipinski definition) is 2. The second kappa shape index (κ2) is 8.39. The molecule has 28 heavy (non-hydrogen) atoms. The van der Waals surface area contributed by atoms with Gasteiger partial charge in [0, 0.05) is 24.1 Å². The number of halogens is 2. The minimum absolute atomic E-state index is 0.0696. The van der Waals surface area contributed by atoms with Crippen molar-refractivity contribution in [3.05, 3.63) is 89.2 Å². The molecule has 1 aromatic heterocycles. The second-order valence-electron chi connectivity index (χ2n) is 6.01. The summed E-state index contributed by atoms with van der Waals surface area (Å²) in [6.45, 7) is 1.98. The summed E-state index contributed by atoms with van der Waals surface area (Å²) in [6, 6.07) is 11.6. The molecule has 142 valence electrons. The second-order valence-corrected chi connectivity index (χ2v) is 6.01. The van der Waals surface area contributed by atoms with E-state index in [1.54, 1.807) is 6.07 Å². The zero-order valence-electron chi connectivity index (χ0n) is 15.0. The molecule has 0 aliphatic rings. The lowest BCUT2D eigenvalue weighted by molar-refractivity contribution is 0.102. The smallest absolute Gasteiger partial charge is 0.257 e. The number of amides is 2. The van der Waals surface area contributed by atoms with Crippen molar-refractivity contribution in [2.75, 3.05) is 10.6 Å². The van der Waals surface area contributed by atoms with Gasteiger partial charge in [0.05, 0.1) is 16.8 Å². The number of benzene rings is 2. The van der Waals surface area contributed by atoms with Crippen molar-refractivity contribution in [1.82, 2.24) is 4.98 Å². The summed E-state index contributed by atoms with van der Waals surface area (Å²) < 4.78 is 26.7. The van der Waals surface area contributed by atoms with Crippen molar-refractivity contribution in [2.24, 2.45) is 0 Å². The maximum absolute atomic E-state index is 13.7. The van der Waals surface area contributed by atoms with Crippen molar-refractivity contribution in [2.45, 2.75) is 13.3 Å². The van der Waals surface area contributed by atoms with Crippen LogP contribution < -0.4 is 10.6 Å². The van der Waals surface area contributed by atoms with Gasteiger partial charge in [-0.25, -0.2) is 8.78 Å². The van der Waals surface area contributed by atoms with Crippen molar-refractivity contribution < 1.29 is 18.4 Å². The summed E-state index contributed by atoms with van der Waals surface area (Å²) in [7, 11) is 0.